The van der Waals surface area contributed by atoms with Crippen molar-refractivity contribution in [3.05, 3.63) is 60.3 Å². The van der Waals surface area contributed by atoms with E-state index in [4.69, 9.17) is 5.11 Å². The van der Waals surface area contributed by atoms with Crippen LogP contribution in [0.15, 0.2) is 54.8 Å². The quantitative estimate of drug-likeness (QED) is 0.672. The van der Waals surface area contributed by atoms with Crippen molar-refractivity contribution in [3.63, 3.8) is 0 Å². The number of pyridine rings is 1. The largest absolute Gasteiger partial charge is 0.396 e. The van der Waals surface area contributed by atoms with E-state index in [0.29, 0.717) is 0 Å². The highest BCUT2D eigenvalue weighted by molar-refractivity contribution is 5.95. The number of rotatable bonds is 4. The molecule has 0 aliphatic heterocycles. The number of hydrogen-bond donors (Lipinski definition) is 2. The Morgan fingerprint density at radius 2 is 2.18 bits per heavy atom. The number of carbonyl (C=O) groups excluding carboxylic acids is 1. The molecule has 2 aromatic rings. The molecule has 4 nitrogen and oxygen atoms in total. The molecule has 4 heteroatoms. The number of para-hydroxylation sites is 1. The summed E-state index contributed by atoms with van der Waals surface area (Å²) in [5.41, 5.74) is 1.88. The van der Waals surface area contributed by atoms with Gasteiger partial charge in [-0.25, -0.2) is 0 Å². The molecule has 0 bridgehead atoms. The molecule has 2 atom stereocenters. The topological polar surface area (TPSA) is 62.2 Å². The molecule has 1 aromatic heterocycles. The summed E-state index contributed by atoms with van der Waals surface area (Å²) < 4.78 is 0. The molecule has 3 rings (SSSR count). The van der Waals surface area contributed by atoms with E-state index in [9.17, 15) is 4.79 Å². The summed E-state index contributed by atoms with van der Waals surface area (Å²) in [5.74, 6) is 0.0209. The van der Waals surface area contributed by atoms with Gasteiger partial charge in [-0.05, 0) is 30.2 Å². The number of nitrogens with one attached hydrogen (secondary N) is 1. The third-order valence-corrected chi connectivity index (χ3v) is 3.83. The molecule has 1 heterocycles. The van der Waals surface area contributed by atoms with Gasteiger partial charge in [0.05, 0.1) is 5.52 Å². The number of hydrogen-bond acceptors (Lipinski definition) is 3. The van der Waals surface area contributed by atoms with Crippen molar-refractivity contribution in [3.8, 4) is 0 Å². The van der Waals surface area contributed by atoms with Crippen LogP contribution in [-0.4, -0.2) is 28.6 Å². The van der Waals surface area contributed by atoms with Crippen molar-refractivity contribution < 1.29 is 9.90 Å². The maximum atomic E-state index is 12.0. The Bertz CT molecular complexity index is 731. The minimum atomic E-state index is -0.130. The number of fused-ring (bicyclic) bond motifs is 1. The molecule has 0 unspecified atom stereocenters. The van der Waals surface area contributed by atoms with Gasteiger partial charge in [-0.15, -0.1) is 0 Å². The first-order valence-electron chi connectivity index (χ1n) is 7.38. The van der Waals surface area contributed by atoms with Crippen LogP contribution in [0, 0.1) is 5.92 Å². The molecule has 0 spiro atoms. The van der Waals surface area contributed by atoms with Crippen molar-refractivity contribution in [2.24, 2.45) is 5.92 Å². The van der Waals surface area contributed by atoms with E-state index >= 15 is 0 Å². The first-order chi connectivity index (χ1) is 10.8. The fourth-order valence-corrected chi connectivity index (χ4v) is 2.68. The Morgan fingerprint density at radius 3 is 3.00 bits per heavy atom. The zero-order chi connectivity index (χ0) is 15.4. The molecule has 0 fully saturated rings. The highest BCUT2D eigenvalue weighted by atomic mass is 16.3. The molecule has 1 aromatic carbocycles. The van der Waals surface area contributed by atoms with E-state index in [1.54, 1.807) is 12.3 Å². The number of carbonyl (C=O) groups is 1. The lowest BCUT2D eigenvalue weighted by Gasteiger charge is -2.10. The molecule has 0 saturated carbocycles. The van der Waals surface area contributed by atoms with Gasteiger partial charge in [0.1, 0.15) is 0 Å². The van der Waals surface area contributed by atoms with Crippen molar-refractivity contribution in [1.82, 2.24) is 10.3 Å². The van der Waals surface area contributed by atoms with Crippen molar-refractivity contribution in [2.45, 2.75) is 12.5 Å². The summed E-state index contributed by atoms with van der Waals surface area (Å²) in [6.45, 7) is 0.127. The normalized spacial score (nSPS) is 20.8. The molecule has 1 aliphatic carbocycles. The maximum absolute atomic E-state index is 12.0. The molecule has 0 radical (unpaired) electrons. The molecular weight excluding hydrogens is 276 g/mol. The highest BCUT2D eigenvalue weighted by Gasteiger charge is 2.18. The van der Waals surface area contributed by atoms with Crippen LogP contribution in [0.2, 0.25) is 0 Å². The number of benzene rings is 1. The Hall–Kier alpha value is -2.46. The Morgan fingerprint density at radius 1 is 1.32 bits per heavy atom. The summed E-state index contributed by atoms with van der Waals surface area (Å²) in [6.07, 6.45) is 9.74. The fraction of sp³-hybridized carbons (Fsp3) is 0.222. The van der Waals surface area contributed by atoms with Crippen LogP contribution < -0.4 is 5.32 Å². The first kappa shape index (κ1) is 14.5. The van der Waals surface area contributed by atoms with Crippen LogP contribution in [0.1, 0.15) is 12.0 Å². The molecule has 112 valence electrons. The zero-order valence-electron chi connectivity index (χ0n) is 12.1. The standard InChI is InChI=1S/C18H18N2O2/c21-12-13-5-7-15(11-13)20-18(22)8-6-14-9-10-19-17-4-2-1-3-16(14)17/h1-10,13,15,21H,11-12H2,(H,20,22)/b8-6+/t13-,15+/m0/s1. The SMILES string of the molecule is O=C(/C=C/c1ccnc2ccccc12)N[C@@H]1C=C[C@H](CO)C1. The molecule has 1 aliphatic rings. The van der Waals surface area contributed by atoms with Gasteiger partial charge < -0.3 is 10.4 Å². The summed E-state index contributed by atoms with van der Waals surface area (Å²) in [5, 5.41) is 13.0. The highest BCUT2D eigenvalue weighted by Crippen LogP contribution is 2.18. The van der Waals surface area contributed by atoms with Gasteiger partial charge in [0.25, 0.3) is 0 Å². The lowest BCUT2D eigenvalue weighted by molar-refractivity contribution is -0.116. The van der Waals surface area contributed by atoms with Gasteiger partial charge in [-0.3, -0.25) is 9.78 Å². The minimum absolute atomic E-state index is 0.00323. The van der Waals surface area contributed by atoms with Crippen LogP contribution in [0.5, 0.6) is 0 Å². The predicted molar refractivity (Wildman–Crippen MR) is 87.0 cm³/mol. The second-order valence-electron chi connectivity index (χ2n) is 5.43. The third kappa shape index (κ3) is 3.23. The summed E-state index contributed by atoms with van der Waals surface area (Å²) in [7, 11) is 0. The van der Waals surface area contributed by atoms with Crippen molar-refractivity contribution in [1.29, 1.82) is 0 Å². The van der Waals surface area contributed by atoms with Crippen LogP contribution >= 0.6 is 0 Å². The van der Waals surface area contributed by atoms with Gasteiger partial charge in [-0.1, -0.05) is 30.4 Å². The molecule has 0 saturated heterocycles. The van der Waals surface area contributed by atoms with E-state index in [0.717, 1.165) is 22.9 Å². The van der Waals surface area contributed by atoms with E-state index in [1.165, 1.54) is 0 Å². The average Bonchev–Trinajstić information content (AvgIpc) is 3.00. The molecular formula is C18H18N2O2. The Balaban J connectivity index is 1.68. The Kier molecular flexibility index (Phi) is 4.30. The Labute approximate surface area is 129 Å². The van der Waals surface area contributed by atoms with Gasteiger partial charge in [0.15, 0.2) is 0 Å². The summed E-state index contributed by atoms with van der Waals surface area (Å²) >= 11 is 0. The van der Waals surface area contributed by atoms with E-state index < -0.39 is 0 Å². The lowest BCUT2D eigenvalue weighted by Crippen LogP contribution is -2.31. The lowest BCUT2D eigenvalue weighted by atomic mass is 10.1. The van der Waals surface area contributed by atoms with E-state index in [1.807, 2.05) is 48.6 Å². The number of nitrogens with zero attached hydrogens (tertiary/aromatic N) is 1. The number of aliphatic hydroxyl groups excluding tert-OH is 1. The van der Waals surface area contributed by atoms with E-state index in [2.05, 4.69) is 10.3 Å². The zero-order valence-corrected chi connectivity index (χ0v) is 12.1. The predicted octanol–water partition coefficient (Wildman–Crippen LogP) is 2.30. The fourth-order valence-electron chi connectivity index (χ4n) is 2.68. The maximum Gasteiger partial charge on any atom is 0.244 e. The second-order valence-corrected chi connectivity index (χ2v) is 5.43. The number of aromatic nitrogens is 1. The van der Waals surface area contributed by atoms with Crippen LogP contribution in [-0.2, 0) is 4.79 Å². The molecule has 1 amide bonds. The molecule has 2 N–H and O–H groups in total. The van der Waals surface area contributed by atoms with Crippen LogP contribution in [0.4, 0.5) is 0 Å². The van der Waals surface area contributed by atoms with Gasteiger partial charge >= 0.3 is 0 Å². The van der Waals surface area contributed by atoms with Gasteiger partial charge in [-0.2, -0.15) is 0 Å². The van der Waals surface area contributed by atoms with Crippen molar-refractivity contribution in [2.75, 3.05) is 6.61 Å². The van der Waals surface area contributed by atoms with Crippen LogP contribution in [0.3, 0.4) is 0 Å². The molecule has 22 heavy (non-hydrogen) atoms. The number of amides is 1. The first-order valence-corrected chi connectivity index (χ1v) is 7.38. The summed E-state index contributed by atoms with van der Waals surface area (Å²) in [6, 6.07) is 9.74. The second kappa shape index (κ2) is 6.54. The number of aliphatic hydroxyl groups is 1. The smallest absolute Gasteiger partial charge is 0.244 e. The monoisotopic (exact) mass is 294 g/mol. The average molecular weight is 294 g/mol. The minimum Gasteiger partial charge on any atom is -0.396 e. The van der Waals surface area contributed by atoms with Gasteiger partial charge in [0.2, 0.25) is 5.91 Å². The van der Waals surface area contributed by atoms with Crippen LogP contribution in [0.25, 0.3) is 17.0 Å². The van der Waals surface area contributed by atoms with Crippen molar-refractivity contribution >= 4 is 22.9 Å². The summed E-state index contributed by atoms with van der Waals surface area (Å²) in [4.78, 5) is 16.3. The van der Waals surface area contributed by atoms with Gasteiger partial charge in [0, 0.05) is 36.2 Å². The third-order valence-electron chi connectivity index (χ3n) is 3.83. The van der Waals surface area contributed by atoms with E-state index in [-0.39, 0.29) is 24.5 Å².